The third-order valence-corrected chi connectivity index (χ3v) is 4.06. The molecule has 0 aliphatic heterocycles. The number of amides is 1. The fraction of sp³-hybridized carbons (Fsp3) is 0.533. The highest BCUT2D eigenvalue weighted by atomic mass is 32.2. The molecule has 0 aliphatic rings. The van der Waals surface area contributed by atoms with Crippen molar-refractivity contribution in [3.63, 3.8) is 0 Å². The van der Waals surface area contributed by atoms with Gasteiger partial charge in [-0.3, -0.25) is 4.79 Å². The molecule has 1 atom stereocenters. The lowest BCUT2D eigenvalue weighted by atomic mass is 10.2. The number of hydrogen-bond acceptors (Lipinski definition) is 4. The molecule has 3 N–H and O–H groups in total. The maximum atomic E-state index is 11.9. The Morgan fingerprint density at radius 2 is 2.15 bits per heavy atom. The Balaban J connectivity index is 2.34. The van der Waals surface area contributed by atoms with Crippen LogP contribution in [0.1, 0.15) is 19.8 Å². The van der Waals surface area contributed by atoms with Gasteiger partial charge in [-0.05, 0) is 44.5 Å². The summed E-state index contributed by atoms with van der Waals surface area (Å²) in [6, 6.07) is 7.82. The highest BCUT2D eigenvalue weighted by Crippen LogP contribution is 2.16. The van der Waals surface area contributed by atoms with Gasteiger partial charge in [0.15, 0.2) is 0 Å². The van der Waals surface area contributed by atoms with Crippen LogP contribution in [0.2, 0.25) is 0 Å². The molecule has 0 spiro atoms. The van der Waals surface area contributed by atoms with Crippen LogP contribution in [0.3, 0.4) is 0 Å². The predicted octanol–water partition coefficient (Wildman–Crippen LogP) is 2.67. The molecule has 1 unspecified atom stereocenters. The zero-order valence-electron chi connectivity index (χ0n) is 12.6. The molecule has 1 rings (SSSR count). The highest BCUT2D eigenvalue weighted by molar-refractivity contribution is 7.98. The molecule has 20 heavy (non-hydrogen) atoms. The van der Waals surface area contributed by atoms with Gasteiger partial charge < -0.3 is 16.0 Å². The number of thioether (sulfide) groups is 1. The third-order valence-electron chi connectivity index (χ3n) is 3.42. The van der Waals surface area contributed by atoms with E-state index in [2.05, 4.69) is 30.4 Å². The van der Waals surface area contributed by atoms with Gasteiger partial charge in [-0.25, -0.2) is 0 Å². The van der Waals surface area contributed by atoms with Crippen LogP contribution in [-0.2, 0) is 4.79 Å². The number of rotatable bonds is 8. The Hall–Kier alpha value is -1.20. The first-order valence-corrected chi connectivity index (χ1v) is 8.27. The predicted molar refractivity (Wildman–Crippen MR) is 89.2 cm³/mol. The molecule has 0 saturated carbocycles. The van der Waals surface area contributed by atoms with E-state index in [-0.39, 0.29) is 5.91 Å². The molecule has 0 aliphatic carbocycles. The fourth-order valence-electron chi connectivity index (χ4n) is 1.83. The van der Waals surface area contributed by atoms with Gasteiger partial charge in [0.1, 0.15) is 0 Å². The molecular weight excluding hydrogens is 270 g/mol. The van der Waals surface area contributed by atoms with Crippen molar-refractivity contribution in [3.8, 4) is 0 Å². The van der Waals surface area contributed by atoms with Crippen LogP contribution >= 0.6 is 11.8 Å². The minimum Gasteiger partial charge on any atom is -0.397 e. The zero-order valence-corrected chi connectivity index (χ0v) is 13.4. The topological polar surface area (TPSA) is 58.4 Å². The summed E-state index contributed by atoms with van der Waals surface area (Å²) in [6.07, 6.45) is 3.74. The van der Waals surface area contributed by atoms with Crippen LogP contribution in [0.15, 0.2) is 24.3 Å². The second-order valence-corrected chi connectivity index (χ2v) is 5.98. The Kier molecular flexibility index (Phi) is 7.47. The van der Waals surface area contributed by atoms with Gasteiger partial charge in [0.05, 0.1) is 11.4 Å². The molecule has 0 bridgehead atoms. The highest BCUT2D eigenvalue weighted by Gasteiger charge is 2.11. The number of hydrogen-bond donors (Lipinski definition) is 2. The van der Waals surface area contributed by atoms with Crippen LogP contribution in [0.25, 0.3) is 0 Å². The van der Waals surface area contributed by atoms with Gasteiger partial charge in [0, 0.05) is 19.0 Å². The van der Waals surface area contributed by atoms with E-state index < -0.39 is 0 Å². The monoisotopic (exact) mass is 295 g/mol. The summed E-state index contributed by atoms with van der Waals surface area (Å²) in [5.74, 6) is 1.16. The van der Waals surface area contributed by atoms with E-state index in [4.69, 9.17) is 5.73 Å². The van der Waals surface area contributed by atoms with Crippen molar-refractivity contribution in [2.75, 3.05) is 36.7 Å². The van der Waals surface area contributed by atoms with Gasteiger partial charge in [0.2, 0.25) is 5.91 Å². The third kappa shape index (κ3) is 5.84. The summed E-state index contributed by atoms with van der Waals surface area (Å²) in [4.78, 5) is 14.1. The smallest absolute Gasteiger partial charge is 0.225 e. The van der Waals surface area contributed by atoms with Crippen LogP contribution in [0, 0.1) is 0 Å². The molecule has 112 valence electrons. The number of benzene rings is 1. The molecule has 4 nitrogen and oxygen atoms in total. The summed E-state index contributed by atoms with van der Waals surface area (Å²) in [5, 5.41) is 2.85. The Morgan fingerprint density at radius 1 is 1.45 bits per heavy atom. The number of nitrogen functional groups attached to an aromatic ring is 1. The molecule has 0 radical (unpaired) electrons. The molecule has 1 aromatic carbocycles. The van der Waals surface area contributed by atoms with Crippen LogP contribution in [0.5, 0.6) is 0 Å². The number of carbonyl (C=O) groups excluding carboxylic acids is 1. The zero-order chi connectivity index (χ0) is 15.0. The fourth-order valence-corrected chi connectivity index (χ4v) is 2.41. The first kappa shape index (κ1) is 16.9. The van der Waals surface area contributed by atoms with Crippen LogP contribution < -0.4 is 11.1 Å². The van der Waals surface area contributed by atoms with Crippen molar-refractivity contribution in [3.05, 3.63) is 24.3 Å². The summed E-state index contributed by atoms with van der Waals surface area (Å²) in [5.41, 5.74) is 7.09. The number of para-hydroxylation sites is 2. The van der Waals surface area contributed by atoms with E-state index >= 15 is 0 Å². The van der Waals surface area contributed by atoms with Crippen molar-refractivity contribution in [2.45, 2.75) is 25.8 Å². The van der Waals surface area contributed by atoms with Crippen molar-refractivity contribution < 1.29 is 4.79 Å². The largest absolute Gasteiger partial charge is 0.397 e. The van der Waals surface area contributed by atoms with Gasteiger partial charge >= 0.3 is 0 Å². The van der Waals surface area contributed by atoms with Gasteiger partial charge in [-0.15, -0.1) is 0 Å². The lowest BCUT2D eigenvalue weighted by Gasteiger charge is -2.24. The summed E-state index contributed by atoms with van der Waals surface area (Å²) in [7, 11) is 2.06. The Labute approximate surface area is 126 Å². The van der Waals surface area contributed by atoms with E-state index in [0.717, 1.165) is 18.7 Å². The molecule has 0 saturated heterocycles. The SMILES string of the molecule is CSCCC(C)N(C)CCC(=O)Nc1ccccc1N. The van der Waals surface area contributed by atoms with Crippen molar-refractivity contribution in [2.24, 2.45) is 0 Å². The maximum absolute atomic E-state index is 11.9. The minimum absolute atomic E-state index is 0.00631. The number of carbonyl (C=O) groups is 1. The molecule has 0 fully saturated rings. The Bertz CT molecular complexity index is 425. The summed E-state index contributed by atoms with van der Waals surface area (Å²) < 4.78 is 0. The maximum Gasteiger partial charge on any atom is 0.225 e. The second kappa shape index (κ2) is 8.87. The molecular formula is C15H25N3OS. The first-order valence-electron chi connectivity index (χ1n) is 6.88. The van der Waals surface area contributed by atoms with Crippen LogP contribution in [-0.4, -0.2) is 42.4 Å². The normalized spacial score (nSPS) is 12.4. The van der Waals surface area contributed by atoms with E-state index in [1.807, 2.05) is 30.0 Å². The first-order chi connectivity index (χ1) is 9.54. The van der Waals surface area contributed by atoms with Crippen molar-refractivity contribution in [1.29, 1.82) is 0 Å². The average molecular weight is 295 g/mol. The average Bonchev–Trinajstić information content (AvgIpc) is 2.44. The molecule has 5 heteroatoms. The lowest BCUT2D eigenvalue weighted by Crippen LogP contribution is -2.32. The van der Waals surface area contributed by atoms with Crippen LogP contribution in [0.4, 0.5) is 11.4 Å². The quantitative estimate of drug-likeness (QED) is 0.724. The van der Waals surface area contributed by atoms with Gasteiger partial charge in [0.25, 0.3) is 0 Å². The molecule has 1 aromatic rings. The van der Waals surface area contributed by atoms with Crippen molar-refractivity contribution >= 4 is 29.0 Å². The number of anilines is 2. The minimum atomic E-state index is 0.00631. The van der Waals surface area contributed by atoms with Gasteiger partial charge in [-0.2, -0.15) is 11.8 Å². The van der Waals surface area contributed by atoms with E-state index in [1.165, 1.54) is 0 Å². The van der Waals surface area contributed by atoms with Crippen molar-refractivity contribution in [1.82, 2.24) is 4.90 Å². The molecule has 1 amide bonds. The van der Waals surface area contributed by atoms with E-state index in [9.17, 15) is 4.79 Å². The van der Waals surface area contributed by atoms with Gasteiger partial charge in [-0.1, -0.05) is 12.1 Å². The van der Waals surface area contributed by atoms with E-state index in [1.54, 1.807) is 6.07 Å². The summed E-state index contributed by atoms with van der Waals surface area (Å²) >= 11 is 1.86. The Morgan fingerprint density at radius 3 is 2.80 bits per heavy atom. The van der Waals surface area contributed by atoms with E-state index in [0.29, 0.717) is 23.8 Å². The molecule has 0 heterocycles. The number of nitrogens with zero attached hydrogens (tertiary/aromatic N) is 1. The lowest BCUT2D eigenvalue weighted by molar-refractivity contribution is -0.116. The standard InChI is InChI=1S/C15H25N3OS/c1-12(9-11-20-3)18(2)10-8-15(19)17-14-7-5-4-6-13(14)16/h4-7,12H,8-11,16H2,1-3H3,(H,17,19). The second-order valence-electron chi connectivity index (χ2n) is 5.00. The number of nitrogens with two attached hydrogens (primary N) is 1. The summed E-state index contributed by atoms with van der Waals surface area (Å²) in [6.45, 7) is 2.96. The number of nitrogens with one attached hydrogen (secondary N) is 1. The molecule has 0 aromatic heterocycles.